The van der Waals surface area contributed by atoms with Crippen molar-refractivity contribution in [1.29, 1.82) is 0 Å². The molecule has 0 spiro atoms. The Morgan fingerprint density at radius 3 is 2.62 bits per heavy atom. The molecule has 0 fully saturated rings. The van der Waals surface area contributed by atoms with Crippen LogP contribution in [0.5, 0.6) is 0 Å². The van der Waals surface area contributed by atoms with Crippen molar-refractivity contribution in [3.8, 4) is 5.69 Å². The number of carboxylic acid groups (broad SMARTS) is 1. The number of benzene rings is 2. The Morgan fingerprint density at radius 1 is 1.24 bits per heavy atom. The van der Waals surface area contributed by atoms with Crippen molar-refractivity contribution >= 4 is 17.0 Å². The van der Waals surface area contributed by atoms with Crippen LogP contribution in [0.4, 0.5) is 4.39 Å². The number of nitrogens with one attached hydrogen (secondary N) is 1. The highest BCUT2D eigenvalue weighted by Crippen LogP contribution is 2.23. The molecule has 0 amide bonds. The lowest BCUT2D eigenvalue weighted by Gasteiger charge is -2.09. The van der Waals surface area contributed by atoms with Crippen molar-refractivity contribution < 1.29 is 14.3 Å². The number of halogens is 1. The van der Waals surface area contributed by atoms with E-state index in [-0.39, 0.29) is 16.8 Å². The molecule has 2 N–H and O–H groups in total. The quantitative estimate of drug-likeness (QED) is 0.760. The van der Waals surface area contributed by atoms with E-state index in [4.69, 9.17) is 0 Å². The minimum Gasteiger partial charge on any atom is -0.478 e. The third-order valence-corrected chi connectivity index (χ3v) is 3.35. The highest BCUT2D eigenvalue weighted by molar-refractivity contribution is 6.01. The van der Waals surface area contributed by atoms with E-state index in [1.165, 1.54) is 24.3 Å². The van der Waals surface area contributed by atoms with Crippen LogP contribution in [0, 0.1) is 12.7 Å². The summed E-state index contributed by atoms with van der Waals surface area (Å²) in [6.07, 6.45) is 0. The van der Waals surface area contributed by atoms with Gasteiger partial charge in [0.05, 0.1) is 22.3 Å². The number of hydrogen-bond donors (Lipinski definition) is 2. The van der Waals surface area contributed by atoms with Crippen molar-refractivity contribution in [1.82, 2.24) is 9.55 Å². The normalized spacial score (nSPS) is 11.0. The van der Waals surface area contributed by atoms with Crippen LogP contribution in [-0.4, -0.2) is 20.6 Å². The molecule has 0 atom stereocenters. The maximum Gasteiger partial charge on any atom is 0.337 e. The number of hydrogen-bond acceptors (Lipinski definition) is 2. The van der Waals surface area contributed by atoms with Gasteiger partial charge in [0, 0.05) is 0 Å². The van der Waals surface area contributed by atoms with Gasteiger partial charge in [0.25, 0.3) is 0 Å². The van der Waals surface area contributed by atoms with E-state index in [1.54, 1.807) is 19.1 Å². The van der Waals surface area contributed by atoms with Crippen LogP contribution in [-0.2, 0) is 0 Å². The van der Waals surface area contributed by atoms with Crippen LogP contribution in [0.1, 0.15) is 15.9 Å². The minimum absolute atomic E-state index is 0.0578. The van der Waals surface area contributed by atoms with Crippen LogP contribution in [0.15, 0.2) is 41.2 Å². The average Bonchev–Trinajstić information content (AvgIpc) is 2.75. The zero-order valence-corrected chi connectivity index (χ0v) is 11.1. The van der Waals surface area contributed by atoms with E-state index in [9.17, 15) is 19.1 Å². The fourth-order valence-corrected chi connectivity index (χ4v) is 2.45. The zero-order chi connectivity index (χ0) is 15.1. The number of aryl methyl sites for hydroxylation is 1. The van der Waals surface area contributed by atoms with Gasteiger partial charge < -0.3 is 10.1 Å². The van der Waals surface area contributed by atoms with Crippen LogP contribution in [0.2, 0.25) is 0 Å². The maximum absolute atomic E-state index is 14.1. The number of fused-ring (bicyclic) bond motifs is 1. The topological polar surface area (TPSA) is 75.1 Å². The fraction of sp³-hybridized carbons (Fsp3) is 0.0667. The molecule has 0 saturated heterocycles. The molecule has 6 heteroatoms. The van der Waals surface area contributed by atoms with Gasteiger partial charge >= 0.3 is 11.7 Å². The Labute approximate surface area is 118 Å². The highest BCUT2D eigenvalue weighted by atomic mass is 19.1. The molecular weight excluding hydrogens is 275 g/mol. The van der Waals surface area contributed by atoms with Crippen molar-refractivity contribution in [2.45, 2.75) is 6.92 Å². The number of H-pyrrole nitrogens is 1. The number of rotatable bonds is 2. The number of para-hydroxylation sites is 2. The van der Waals surface area contributed by atoms with Crippen molar-refractivity contribution in [3.63, 3.8) is 0 Å². The minimum atomic E-state index is -1.18. The van der Waals surface area contributed by atoms with E-state index in [1.807, 2.05) is 0 Å². The number of aromatic carboxylic acids is 1. The maximum atomic E-state index is 14.1. The number of nitrogens with zero attached hydrogens (tertiary/aromatic N) is 1. The first-order valence-corrected chi connectivity index (χ1v) is 6.23. The lowest BCUT2D eigenvalue weighted by atomic mass is 10.1. The van der Waals surface area contributed by atoms with Gasteiger partial charge in [0.15, 0.2) is 0 Å². The third kappa shape index (κ3) is 1.92. The second-order valence-electron chi connectivity index (χ2n) is 4.68. The summed E-state index contributed by atoms with van der Waals surface area (Å²) in [5, 5.41) is 9.28. The van der Waals surface area contributed by atoms with E-state index in [0.717, 1.165) is 4.57 Å². The van der Waals surface area contributed by atoms with Crippen molar-refractivity contribution in [3.05, 3.63) is 63.8 Å². The Balaban J connectivity index is 2.51. The van der Waals surface area contributed by atoms with Crippen LogP contribution < -0.4 is 5.69 Å². The SMILES string of the molecule is Cc1cccc(F)c1-n1c(=O)[nH]c2cccc(C(=O)O)c21. The second-order valence-corrected chi connectivity index (χ2v) is 4.68. The molecule has 106 valence electrons. The summed E-state index contributed by atoms with van der Waals surface area (Å²) in [6.45, 7) is 1.66. The Morgan fingerprint density at radius 2 is 1.95 bits per heavy atom. The van der Waals surface area contributed by atoms with E-state index < -0.39 is 17.5 Å². The van der Waals surface area contributed by atoms with Gasteiger partial charge in [-0.1, -0.05) is 18.2 Å². The summed E-state index contributed by atoms with van der Waals surface area (Å²) in [6, 6.07) is 8.91. The number of aromatic nitrogens is 2. The monoisotopic (exact) mass is 286 g/mol. The first kappa shape index (κ1) is 13.1. The molecule has 0 bridgehead atoms. The van der Waals surface area contributed by atoms with E-state index in [0.29, 0.717) is 11.1 Å². The number of aromatic amines is 1. The predicted molar refractivity (Wildman–Crippen MR) is 75.6 cm³/mol. The lowest BCUT2D eigenvalue weighted by molar-refractivity contribution is 0.0698. The molecule has 0 aliphatic carbocycles. The summed E-state index contributed by atoms with van der Waals surface area (Å²) in [5.41, 5.74) is 0.465. The largest absolute Gasteiger partial charge is 0.478 e. The second kappa shape index (κ2) is 4.59. The highest BCUT2D eigenvalue weighted by Gasteiger charge is 2.19. The Hall–Kier alpha value is -2.89. The summed E-state index contributed by atoms with van der Waals surface area (Å²) in [4.78, 5) is 26.1. The molecule has 21 heavy (non-hydrogen) atoms. The Kier molecular flexibility index (Phi) is 2.86. The molecule has 0 aliphatic heterocycles. The number of carbonyl (C=O) groups is 1. The molecule has 1 aromatic heterocycles. The molecule has 1 heterocycles. The van der Waals surface area contributed by atoms with E-state index >= 15 is 0 Å². The molecule has 0 saturated carbocycles. The molecular formula is C15H11FN2O3. The summed E-state index contributed by atoms with van der Waals surface area (Å²) >= 11 is 0. The first-order valence-electron chi connectivity index (χ1n) is 6.23. The van der Waals surface area contributed by atoms with Gasteiger partial charge in [0.1, 0.15) is 5.82 Å². The smallest absolute Gasteiger partial charge is 0.337 e. The van der Waals surface area contributed by atoms with Gasteiger partial charge in [-0.15, -0.1) is 0 Å². The van der Waals surface area contributed by atoms with Gasteiger partial charge in [-0.25, -0.2) is 14.0 Å². The summed E-state index contributed by atoms with van der Waals surface area (Å²) in [5.74, 6) is -1.76. The van der Waals surface area contributed by atoms with Crippen LogP contribution in [0.25, 0.3) is 16.7 Å². The molecule has 2 aromatic carbocycles. The standard InChI is InChI=1S/C15H11FN2O3/c1-8-4-2-6-10(16)12(8)18-13-9(14(19)20)5-3-7-11(13)17-15(18)21/h2-7H,1H3,(H,17,21)(H,19,20). The van der Waals surface area contributed by atoms with Gasteiger partial charge in [-0.3, -0.25) is 4.57 Å². The average molecular weight is 286 g/mol. The zero-order valence-electron chi connectivity index (χ0n) is 11.1. The fourth-order valence-electron chi connectivity index (χ4n) is 2.45. The first-order chi connectivity index (χ1) is 10.0. The van der Waals surface area contributed by atoms with Crippen LogP contribution >= 0.6 is 0 Å². The number of carboxylic acids is 1. The molecule has 3 aromatic rings. The van der Waals surface area contributed by atoms with Crippen LogP contribution in [0.3, 0.4) is 0 Å². The van der Waals surface area contributed by atoms with Crippen molar-refractivity contribution in [2.24, 2.45) is 0 Å². The van der Waals surface area contributed by atoms with Gasteiger partial charge in [0.2, 0.25) is 0 Å². The third-order valence-electron chi connectivity index (χ3n) is 3.35. The summed E-state index contributed by atoms with van der Waals surface area (Å²) < 4.78 is 15.2. The molecule has 0 radical (unpaired) electrons. The van der Waals surface area contributed by atoms with Gasteiger partial charge in [-0.2, -0.15) is 0 Å². The molecule has 5 nitrogen and oxygen atoms in total. The Bertz CT molecular complexity index is 904. The van der Waals surface area contributed by atoms with Crippen molar-refractivity contribution in [2.75, 3.05) is 0 Å². The van der Waals surface area contributed by atoms with E-state index in [2.05, 4.69) is 4.98 Å². The molecule has 0 aliphatic rings. The molecule has 3 rings (SSSR count). The summed E-state index contributed by atoms with van der Waals surface area (Å²) in [7, 11) is 0. The molecule has 0 unspecified atom stereocenters. The number of imidazole rings is 1. The van der Waals surface area contributed by atoms with Gasteiger partial charge in [-0.05, 0) is 30.7 Å². The predicted octanol–water partition coefficient (Wildman–Crippen LogP) is 2.46. The lowest BCUT2D eigenvalue weighted by Crippen LogP contribution is -2.18.